The highest BCUT2D eigenvalue weighted by Gasteiger charge is 2.42. The number of hydrogen-bond acceptors (Lipinski definition) is 5. The van der Waals surface area contributed by atoms with Crippen LogP contribution in [-0.2, 0) is 0 Å². The van der Waals surface area contributed by atoms with Gasteiger partial charge in [-0.1, -0.05) is 0 Å². The zero-order valence-electron chi connectivity index (χ0n) is 18.2. The summed E-state index contributed by atoms with van der Waals surface area (Å²) in [6.07, 6.45) is 2.67. The molecule has 7 nitrogen and oxygen atoms in total. The molecule has 1 amide bonds. The maximum Gasteiger partial charge on any atom is 0.253 e. The first-order valence-corrected chi connectivity index (χ1v) is 10.5. The molecule has 0 radical (unpaired) electrons. The van der Waals surface area contributed by atoms with Gasteiger partial charge in [0.05, 0.1) is 18.2 Å². The first-order chi connectivity index (χ1) is 15.3. The normalized spacial score (nSPS) is 14.0. The lowest BCUT2D eigenvalue weighted by Gasteiger charge is -2.50. The van der Waals surface area contributed by atoms with Gasteiger partial charge in [-0.05, 0) is 68.7 Å². The number of halogens is 1. The minimum atomic E-state index is -0.659. The van der Waals surface area contributed by atoms with E-state index in [1.165, 1.54) is 31.2 Å². The fourth-order valence-electron chi connectivity index (χ4n) is 3.84. The largest absolute Gasteiger partial charge is 0.495 e. The fourth-order valence-corrected chi connectivity index (χ4v) is 4.33. The molecule has 2 N–H and O–H groups in total. The average molecular weight is 457 g/mol. The van der Waals surface area contributed by atoms with E-state index in [1.807, 2.05) is 11.8 Å². The van der Waals surface area contributed by atoms with Gasteiger partial charge in [-0.15, -0.1) is 0 Å². The van der Waals surface area contributed by atoms with Crippen molar-refractivity contribution in [1.29, 1.82) is 5.26 Å². The molecule has 32 heavy (non-hydrogen) atoms. The van der Waals surface area contributed by atoms with Crippen molar-refractivity contribution in [2.45, 2.75) is 31.7 Å². The Morgan fingerprint density at radius 1 is 1.31 bits per heavy atom. The number of aliphatic hydroxyl groups excluding tert-OH is 1. The van der Waals surface area contributed by atoms with Crippen LogP contribution in [-0.4, -0.2) is 42.6 Å². The molecule has 0 atom stereocenters. The quantitative estimate of drug-likeness (QED) is 0.508. The van der Waals surface area contributed by atoms with Crippen LogP contribution in [0.15, 0.2) is 36.4 Å². The molecule has 168 valence electrons. The number of methoxy groups -OCH3 is 1. The molecule has 0 unspecified atom stereocenters. The molecule has 0 heterocycles. The van der Waals surface area contributed by atoms with Crippen LogP contribution >= 0.6 is 12.2 Å². The molecule has 0 aromatic heterocycles. The number of anilines is 2. The summed E-state index contributed by atoms with van der Waals surface area (Å²) in [7, 11) is 2.90. The first kappa shape index (κ1) is 23.4. The van der Waals surface area contributed by atoms with Crippen LogP contribution in [0.2, 0.25) is 0 Å². The van der Waals surface area contributed by atoms with Gasteiger partial charge >= 0.3 is 0 Å². The van der Waals surface area contributed by atoms with Crippen LogP contribution in [0.4, 0.5) is 15.8 Å². The molecule has 1 fully saturated rings. The van der Waals surface area contributed by atoms with Crippen molar-refractivity contribution >= 4 is 34.6 Å². The molecule has 1 aliphatic rings. The first-order valence-electron chi connectivity index (χ1n) is 10.1. The van der Waals surface area contributed by atoms with E-state index in [4.69, 9.17) is 17.0 Å². The van der Waals surface area contributed by atoms with E-state index in [1.54, 1.807) is 24.3 Å². The molecule has 0 saturated heterocycles. The molecule has 9 heteroatoms. The van der Waals surface area contributed by atoms with Crippen molar-refractivity contribution in [1.82, 2.24) is 5.32 Å². The number of benzene rings is 2. The number of ether oxygens (including phenoxy) is 1. The van der Waals surface area contributed by atoms with E-state index in [0.29, 0.717) is 22.7 Å². The van der Waals surface area contributed by atoms with Crippen molar-refractivity contribution < 1.29 is 19.0 Å². The Bertz CT molecular complexity index is 1080. The van der Waals surface area contributed by atoms with Crippen molar-refractivity contribution in [2.75, 3.05) is 30.7 Å². The molecular weight excluding hydrogens is 431 g/mol. The van der Waals surface area contributed by atoms with Crippen LogP contribution in [0.1, 0.15) is 42.1 Å². The van der Waals surface area contributed by atoms with Crippen LogP contribution in [0.5, 0.6) is 5.75 Å². The third-order valence-electron chi connectivity index (χ3n) is 5.83. The molecule has 0 spiro atoms. The number of thiocarbonyl (C=S) groups is 1. The minimum Gasteiger partial charge on any atom is -0.495 e. The van der Waals surface area contributed by atoms with Gasteiger partial charge in [-0.25, -0.2) is 4.39 Å². The Morgan fingerprint density at radius 3 is 2.50 bits per heavy atom. The van der Waals surface area contributed by atoms with Crippen molar-refractivity contribution in [3.8, 4) is 11.8 Å². The monoisotopic (exact) mass is 456 g/mol. The lowest BCUT2D eigenvalue weighted by atomic mass is 9.77. The van der Waals surface area contributed by atoms with Gasteiger partial charge in [0, 0.05) is 30.0 Å². The fraction of sp³-hybridized carbons (Fsp3) is 0.348. The van der Waals surface area contributed by atoms with Gasteiger partial charge in [-0.3, -0.25) is 9.69 Å². The highest BCUT2D eigenvalue weighted by atomic mass is 32.1. The third kappa shape index (κ3) is 4.24. The Balaban J connectivity index is 2.04. The van der Waals surface area contributed by atoms with Crippen molar-refractivity contribution in [2.24, 2.45) is 0 Å². The zero-order valence-corrected chi connectivity index (χ0v) is 19.0. The van der Waals surface area contributed by atoms with Gasteiger partial charge in [-0.2, -0.15) is 5.26 Å². The summed E-state index contributed by atoms with van der Waals surface area (Å²) < 4.78 is 20.1. The number of aliphatic hydroxyl groups is 1. The Hall–Kier alpha value is -3.22. The van der Waals surface area contributed by atoms with Gasteiger partial charge < -0.3 is 20.1 Å². The van der Waals surface area contributed by atoms with E-state index in [0.717, 1.165) is 19.3 Å². The van der Waals surface area contributed by atoms with Crippen LogP contribution in [0.25, 0.3) is 0 Å². The molecule has 0 aliphatic heterocycles. The summed E-state index contributed by atoms with van der Waals surface area (Å²) in [4.78, 5) is 15.2. The van der Waals surface area contributed by atoms with Gasteiger partial charge in [0.2, 0.25) is 0 Å². The number of nitrogens with zero attached hydrogens (tertiary/aromatic N) is 3. The Labute approximate surface area is 192 Å². The average Bonchev–Trinajstić information content (AvgIpc) is 2.78. The van der Waals surface area contributed by atoms with Crippen LogP contribution in [0.3, 0.4) is 0 Å². The van der Waals surface area contributed by atoms with E-state index < -0.39 is 18.5 Å². The highest BCUT2D eigenvalue weighted by molar-refractivity contribution is 7.80. The SMILES string of the molecule is CNC(=O)c1ccc(N(C(=S)N(CO)c2ccc(C#N)c(OC)c2)C2(C)CCC2)cc1F. The summed E-state index contributed by atoms with van der Waals surface area (Å²) in [5.74, 6) is -0.818. The predicted octanol–water partition coefficient (Wildman–Crippen LogP) is 3.56. The summed E-state index contributed by atoms with van der Waals surface area (Å²) in [6, 6.07) is 11.3. The second kappa shape index (κ2) is 9.51. The second-order valence-electron chi connectivity index (χ2n) is 7.78. The van der Waals surface area contributed by atoms with E-state index >= 15 is 0 Å². The smallest absolute Gasteiger partial charge is 0.253 e. The molecule has 3 rings (SSSR count). The molecular formula is C23H25FN4O3S. The van der Waals surface area contributed by atoms with Crippen LogP contribution < -0.4 is 19.9 Å². The summed E-state index contributed by atoms with van der Waals surface area (Å²) >= 11 is 5.78. The number of amides is 1. The standard InChI is InChI=1S/C23H25FN4O3S/c1-23(9-4-10-23)28(17-7-8-18(19(24)11-17)21(30)26-2)22(32)27(14-29)16-6-5-15(13-25)20(12-16)31-3/h5-8,11-12,29H,4,9-10,14H2,1-3H3,(H,26,30). The van der Waals surface area contributed by atoms with Gasteiger partial charge in [0.1, 0.15) is 24.4 Å². The van der Waals surface area contributed by atoms with E-state index in [-0.39, 0.29) is 16.2 Å². The topological polar surface area (TPSA) is 88.8 Å². The number of nitriles is 1. The molecule has 1 aliphatic carbocycles. The minimum absolute atomic E-state index is 0.0586. The Morgan fingerprint density at radius 2 is 2.00 bits per heavy atom. The van der Waals surface area contributed by atoms with Crippen molar-refractivity contribution in [3.05, 3.63) is 53.3 Å². The van der Waals surface area contributed by atoms with Gasteiger partial charge in [0.25, 0.3) is 5.91 Å². The third-order valence-corrected chi connectivity index (χ3v) is 6.24. The number of rotatable bonds is 6. The summed E-state index contributed by atoms with van der Waals surface area (Å²) in [6.45, 7) is 1.60. The zero-order chi connectivity index (χ0) is 23.5. The molecule has 0 bridgehead atoms. The summed E-state index contributed by atoms with van der Waals surface area (Å²) in [5.41, 5.74) is 0.943. The molecule has 2 aromatic rings. The number of hydrogen-bond donors (Lipinski definition) is 2. The van der Waals surface area contributed by atoms with Crippen LogP contribution in [0, 0.1) is 17.1 Å². The predicted molar refractivity (Wildman–Crippen MR) is 124 cm³/mol. The molecule has 1 saturated carbocycles. The Kier molecular flexibility index (Phi) is 6.96. The highest BCUT2D eigenvalue weighted by Crippen LogP contribution is 2.42. The number of carbonyl (C=O) groups excluding carboxylic acids is 1. The number of nitrogens with one attached hydrogen (secondary N) is 1. The van der Waals surface area contributed by atoms with Gasteiger partial charge in [0.15, 0.2) is 5.11 Å². The maximum absolute atomic E-state index is 14.8. The summed E-state index contributed by atoms with van der Waals surface area (Å²) in [5, 5.41) is 22.1. The number of carbonyl (C=O) groups is 1. The van der Waals surface area contributed by atoms with E-state index in [9.17, 15) is 19.6 Å². The molecule has 2 aromatic carbocycles. The van der Waals surface area contributed by atoms with Crippen molar-refractivity contribution in [3.63, 3.8) is 0 Å². The second-order valence-corrected chi connectivity index (χ2v) is 8.14. The van der Waals surface area contributed by atoms with E-state index in [2.05, 4.69) is 11.4 Å². The lowest BCUT2D eigenvalue weighted by Crippen LogP contribution is -2.58. The lowest BCUT2D eigenvalue weighted by molar-refractivity contribution is 0.0959. The maximum atomic E-state index is 14.8.